The van der Waals surface area contributed by atoms with E-state index in [1.165, 1.54) is 11.1 Å². The lowest BCUT2D eigenvalue weighted by atomic mass is 9.82. The fourth-order valence-electron chi connectivity index (χ4n) is 3.92. The van der Waals surface area contributed by atoms with Crippen LogP contribution in [-0.4, -0.2) is 30.5 Å². The number of benzene rings is 1. The maximum Gasteiger partial charge on any atom is 0.224 e. The van der Waals surface area contributed by atoms with Crippen LogP contribution in [0.25, 0.3) is 10.2 Å². The van der Waals surface area contributed by atoms with Crippen LogP contribution >= 0.6 is 36.2 Å². The summed E-state index contributed by atoms with van der Waals surface area (Å²) in [6, 6.07) is 8.24. The minimum Gasteiger partial charge on any atom is -0.356 e. The van der Waals surface area contributed by atoms with Crippen molar-refractivity contribution in [3.8, 4) is 0 Å². The van der Waals surface area contributed by atoms with Crippen LogP contribution in [0.4, 0.5) is 0 Å². The van der Waals surface area contributed by atoms with Crippen molar-refractivity contribution in [2.75, 3.05) is 19.6 Å². The van der Waals surface area contributed by atoms with E-state index in [1.807, 2.05) is 12.1 Å². The zero-order valence-corrected chi connectivity index (χ0v) is 17.7. The lowest BCUT2D eigenvalue weighted by Crippen LogP contribution is -2.36. The molecule has 3 unspecified atom stereocenters. The molecule has 4 nitrogen and oxygen atoms in total. The Morgan fingerprint density at radius 3 is 2.81 bits per heavy atom. The molecule has 2 N–H and O–H groups in total. The van der Waals surface area contributed by atoms with Crippen molar-refractivity contribution >= 4 is 52.3 Å². The SMILES string of the molecule is Cl.Cl.O=C(NCCC1CCNC1)C1CC=CCC1c1nc2ccccc2s1. The molecule has 1 fully saturated rings. The molecule has 0 saturated carbocycles. The van der Waals surface area contributed by atoms with Gasteiger partial charge in [-0.1, -0.05) is 24.3 Å². The zero-order valence-electron chi connectivity index (χ0n) is 15.2. The molecule has 1 aliphatic carbocycles. The second-order valence-electron chi connectivity index (χ2n) is 7.11. The largest absolute Gasteiger partial charge is 0.356 e. The standard InChI is InChI=1S/C20H25N3OS.2ClH/c24-19(22-12-10-14-9-11-21-13-14)15-5-1-2-6-16(15)20-23-17-7-3-4-8-18(17)25-20;;/h1-4,7-8,14-16,21H,5-6,9-13H2,(H,22,24);2*1H. The van der Waals surface area contributed by atoms with Crippen molar-refractivity contribution in [3.05, 3.63) is 41.4 Å². The Hall–Kier alpha value is -1.14. The number of nitrogens with zero attached hydrogens (tertiary/aromatic N) is 1. The van der Waals surface area contributed by atoms with Gasteiger partial charge < -0.3 is 10.6 Å². The van der Waals surface area contributed by atoms with Gasteiger partial charge in [0, 0.05) is 12.5 Å². The zero-order chi connectivity index (χ0) is 17.1. The van der Waals surface area contributed by atoms with Gasteiger partial charge in [-0.25, -0.2) is 4.98 Å². The first-order valence-corrected chi connectivity index (χ1v) is 10.1. The number of rotatable bonds is 5. The number of halogens is 2. The summed E-state index contributed by atoms with van der Waals surface area (Å²) >= 11 is 1.74. The van der Waals surface area contributed by atoms with Crippen LogP contribution in [0, 0.1) is 11.8 Å². The molecule has 2 aliphatic rings. The number of fused-ring (bicyclic) bond motifs is 1. The fraction of sp³-hybridized carbons (Fsp3) is 0.500. The third-order valence-corrected chi connectivity index (χ3v) is 6.58. The molecule has 2 heterocycles. The number of carbonyl (C=O) groups excluding carboxylic acids is 1. The van der Waals surface area contributed by atoms with Gasteiger partial charge in [-0.3, -0.25) is 4.79 Å². The maximum absolute atomic E-state index is 12.8. The van der Waals surface area contributed by atoms with E-state index in [0.717, 1.165) is 49.4 Å². The number of nitrogens with one attached hydrogen (secondary N) is 2. The first-order chi connectivity index (χ1) is 12.3. The monoisotopic (exact) mass is 427 g/mol. The molecule has 1 saturated heterocycles. The van der Waals surface area contributed by atoms with Crippen LogP contribution in [-0.2, 0) is 4.79 Å². The average molecular weight is 428 g/mol. The molecule has 1 amide bonds. The van der Waals surface area contributed by atoms with Crippen LogP contribution in [0.1, 0.15) is 36.6 Å². The van der Waals surface area contributed by atoms with E-state index in [1.54, 1.807) is 11.3 Å². The number of para-hydroxylation sites is 1. The Morgan fingerprint density at radius 2 is 2.04 bits per heavy atom. The molecular formula is C20H27Cl2N3OS. The van der Waals surface area contributed by atoms with Gasteiger partial charge in [-0.05, 0) is 56.8 Å². The lowest BCUT2D eigenvalue weighted by Gasteiger charge is -2.26. The number of hydrogen-bond donors (Lipinski definition) is 2. The predicted molar refractivity (Wildman–Crippen MR) is 117 cm³/mol. The molecular weight excluding hydrogens is 401 g/mol. The molecule has 27 heavy (non-hydrogen) atoms. The quantitative estimate of drug-likeness (QED) is 0.698. The normalized spacial score (nSPS) is 24.2. The first kappa shape index (κ1) is 22.2. The summed E-state index contributed by atoms with van der Waals surface area (Å²) < 4.78 is 1.21. The maximum atomic E-state index is 12.8. The van der Waals surface area contributed by atoms with Crippen LogP contribution in [0.2, 0.25) is 0 Å². The first-order valence-electron chi connectivity index (χ1n) is 9.30. The number of thiazole rings is 1. The van der Waals surface area contributed by atoms with Crippen molar-refractivity contribution in [2.24, 2.45) is 11.8 Å². The number of allylic oxidation sites excluding steroid dienone is 2. The molecule has 148 valence electrons. The summed E-state index contributed by atoms with van der Waals surface area (Å²) in [7, 11) is 0. The Labute approximate surface area is 177 Å². The van der Waals surface area contributed by atoms with Gasteiger partial charge in [0.1, 0.15) is 0 Å². The molecule has 7 heteroatoms. The lowest BCUT2D eigenvalue weighted by molar-refractivity contribution is -0.125. The van der Waals surface area contributed by atoms with Gasteiger partial charge in [-0.15, -0.1) is 36.2 Å². The van der Waals surface area contributed by atoms with Gasteiger partial charge in [0.25, 0.3) is 0 Å². The summed E-state index contributed by atoms with van der Waals surface area (Å²) in [5.41, 5.74) is 1.05. The highest BCUT2D eigenvalue weighted by Crippen LogP contribution is 2.38. The molecule has 0 bridgehead atoms. The second-order valence-corrected chi connectivity index (χ2v) is 8.18. The Bertz CT molecular complexity index is 740. The Morgan fingerprint density at radius 1 is 1.22 bits per heavy atom. The van der Waals surface area contributed by atoms with Crippen molar-refractivity contribution in [3.63, 3.8) is 0 Å². The Kier molecular flexibility index (Phi) is 8.55. The highest BCUT2D eigenvalue weighted by Gasteiger charge is 2.32. The highest BCUT2D eigenvalue weighted by molar-refractivity contribution is 7.18. The minimum absolute atomic E-state index is 0. The van der Waals surface area contributed by atoms with Gasteiger partial charge in [0.2, 0.25) is 5.91 Å². The van der Waals surface area contributed by atoms with Crippen LogP contribution in [0.5, 0.6) is 0 Å². The minimum atomic E-state index is 0. The molecule has 3 atom stereocenters. The van der Waals surface area contributed by atoms with Crippen molar-refractivity contribution < 1.29 is 4.79 Å². The van der Waals surface area contributed by atoms with E-state index in [9.17, 15) is 4.79 Å². The summed E-state index contributed by atoms with van der Waals surface area (Å²) in [5.74, 6) is 1.12. The van der Waals surface area contributed by atoms with Gasteiger partial charge in [-0.2, -0.15) is 0 Å². The van der Waals surface area contributed by atoms with E-state index >= 15 is 0 Å². The van der Waals surface area contributed by atoms with Crippen molar-refractivity contribution in [1.29, 1.82) is 0 Å². The number of amides is 1. The van der Waals surface area contributed by atoms with E-state index in [0.29, 0.717) is 5.92 Å². The fourth-order valence-corrected chi connectivity index (χ4v) is 5.06. The van der Waals surface area contributed by atoms with Crippen molar-refractivity contribution in [2.45, 2.75) is 31.6 Å². The third kappa shape index (κ3) is 5.23. The number of carbonyl (C=O) groups is 1. The number of aromatic nitrogens is 1. The molecule has 1 aliphatic heterocycles. The van der Waals surface area contributed by atoms with Gasteiger partial charge in [0.15, 0.2) is 0 Å². The molecule has 4 rings (SSSR count). The highest BCUT2D eigenvalue weighted by atomic mass is 35.5. The molecule has 2 aromatic rings. The molecule has 0 spiro atoms. The molecule has 1 aromatic carbocycles. The van der Waals surface area contributed by atoms with E-state index < -0.39 is 0 Å². The summed E-state index contributed by atoms with van der Waals surface area (Å²) in [6.07, 6.45) is 8.38. The van der Waals surface area contributed by atoms with E-state index in [2.05, 4.69) is 34.9 Å². The average Bonchev–Trinajstić information content (AvgIpc) is 3.31. The number of hydrogen-bond acceptors (Lipinski definition) is 4. The predicted octanol–water partition coefficient (Wildman–Crippen LogP) is 4.31. The van der Waals surface area contributed by atoms with E-state index in [4.69, 9.17) is 4.98 Å². The van der Waals surface area contributed by atoms with Crippen LogP contribution in [0.3, 0.4) is 0 Å². The Balaban J connectivity index is 0.00000131. The van der Waals surface area contributed by atoms with Crippen LogP contribution in [0.15, 0.2) is 36.4 Å². The van der Waals surface area contributed by atoms with E-state index in [-0.39, 0.29) is 42.6 Å². The van der Waals surface area contributed by atoms with Crippen LogP contribution < -0.4 is 10.6 Å². The van der Waals surface area contributed by atoms with Crippen molar-refractivity contribution in [1.82, 2.24) is 15.6 Å². The topological polar surface area (TPSA) is 54.0 Å². The smallest absolute Gasteiger partial charge is 0.224 e. The van der Waals surface area contributed by atoms with Gasteiger partial charge >= 0.3 is 0 Å². The van der Waals surface area contributed by atoms with Gasteiger partial charge in [0.05, 0.1) is 21.1 Å². The molecule has 1 aromatic heterocycles. The molecule has 0 radical (unpaired) electrons. The summed E-state index contributed by atoms with van der Waals surface area (Å²) in [6.45, 7) is 3.00. The second kappa shape index (κ2) is 10.4. The third-order valence-electron chi connectivity index (χ3n) is 5.41. The summed E-state index contributed by atoms with van der Waals surface area (Å²) in [5, 5.41) is 7.68. The summed E-state index contributed by atoms with van der Waals surface area (Å²) in [4.78, 5) is 17.6.